The lowest BCUT2D eigenvalue weighted by atomic mass is 10.2. The number of carbonyl (C=O) groups is 1. The normalized spacial score (nSPS) is 10.8. The summed E-state index contributed by atoms with van der Waals surface area (Å²) in [6.07, 6.45) is 0. The minimum atomic E-state index is -4.28. The number of benzene rings is 3. The minimum absolute atomic E-state index is 0.101. The SMILES string of the molecule is COc1cccc(CNC(=O)CN(c2cc(OC)ccc2OC)S(=O)(=O)c2ccc(OC)c(OC)c2)c1. The number of nitrogens with zero attached hydrogens (tertiary/aromatic N) is 1. The Morgan fingerprint density at radius 2 is 1.41 bits per heavy atom. The molecule has 1 amide bonds. The van der Waals surface area contributed by atoms with Crippen LogP contribution in [0.25, 0.3) is 0 Å². The molecule has 0 saturated heterocycles. The van der Waals surface area contributed by atoms with Crippen LogP contribution in [0, 0.1) is 0 Å². The molecule has 0 saturated carbocycles. The van der Waals surface area contributed by atoms with Crippen LogP contribution in [0.4, 0.5) is 5.69 Å². The molecule has 0 aliphatic rings. The molecule has 3 aromatic carbocycles. The van der Waals surface area contributed by atoms with Gasteiger partial charge in [-0.15, -0.1) is 0 Å². The summed E-state index contributed by atoms with van der Waals surface area (Å²) in [7, 11) is 3.00. The van der Waals surface area contributed by atoms with E-state index in [-0.39, 0.29) is 28.6 Å². The van der Waals surface area contributed by atoms with Gasteiger partial charge in [0, 0.05) is 18.7 Å². The monoisotopic (exact) mass is 530 g/mol. The summed E-state index contributed by atoms with van der Waals surface area (Å²) in [5.74, 6) is 1.33. The summed E-state index contributed by atoms with van der Waals surface area (Å²) >= 11 is 0. The third kappa shape index (κ3) is 6.36. The van der Waals surface area contributed by atoms with Gasteiger partial charge in [-0.05, 0) is 42.0 Å². The third-order valence-electron chi connectivity index (χ3n) is 5.51. The van der Waals surface area contributed by atoms with Crippen molar-refractivity contribution in [2.24, 2.45) is 0 Å². The van der Waals surface area contributed by atoms with Gasteiger partial charge in [-0.2, -0.15) is 0 Å². The number of nitrogens with one attached hydrogen (secondary N) is 1. The van der Waals surface area contributed by atoms with Crippen LogP contribution in [0.1, 0.15) is 5.56 Å². The number of hydrogen-bond acceptors (Lipinski definition) is 8. The Balaban J connectivity index is 2.01. The molecular formula is C26H30N2O8S. The molecule has 37 heavy (non-hydrogen) atoms. The molecular weight excluding hydrogens is 500 g/mol. The van der Waals surface area contributed by atoms with Crippen LogP contribution < -0.4 is 33.3 Å². The van der Waals surface area contributed by atoms with Crippen molar-refractivity contribution >= 4 is 21.6 Å². The van der Waals surface area contributed by atoms with Crippen molar-refractivity contribution in [1.29, 1.82) is 0 Å². The molecule has 0 heterocycles. The number of anilines is 1. The van der Waals surface area contributed by atoms with Crippen molar-refractivity contribution < 1.29 is 36.9 Å². The van der Waals surface area contributed by atoms with Gasteiger partial charge in [-0.3, -0.25) is 9.10 Å². The van der Waals surface area contributed by atoms with Crippen molar-refractivity contribution in [2.75, 3.05) is 46.4 Å². The van der Waals surface area contributed by atoms with E-state index in [0.29, 0.717) is 17.2 Å². The van der Waals surface area contributed by atoms with Crippen molar-refractivity contribution in [2.45, 2.75) is 11.4 Å². The molecule has 11 heteroatoms. The average Bonchev–Trinajstić information content (AvgIpc) is 2.93. The second kappa shape index (κ2) is 12.2. The highest BCUT2D eigenvalue weighted by Gasteiger charge is 2.31. The van der Waals surface area contributed by atoms with Crippen LogP contribution in [-0.2, 0) is 21.4 Å². The Hall–Kier alpha value is -4.12. The van der Waals surface area contributed by atoms with Gasteiger partial charge >= 0.3 is 0 Å². The van der Waals surface area contributed by atoms with E-state index in [9.17, 15) is 13.2 Å². The molecule has 0 aliphatic carbocycles. The first-order chi connectivity index (χ1) is 17.8. The molecule has 1 N–H and O–H groups in total. The molecule has 0 spiro atoms. The first kappa shape index (κ1) is 27.5. The highest BCUT2D eigenvalue weighted by atomic mass is 32.2. The van der Waals surface area contributed by atoms with E-state index < -0.39 is 22.5 Å². The Kier molecular flexibility index (Phi) is 9.07. The highest BCUT2D eigenvalue weighted by Crippen LogP contribution is 2.37. The van der Waals surface area contributed by atoms with Crippen LogP contribution in [0.5, 0.6) is 28.7 Å². The molecule has 0 radical (unpaired) electrons. The van der Waals surface area contributed by atoms with Crippen LogP contribution >= 0.6 is 0 Å². The molecule has 3 rings (SSSR count). The third-order valence-corrected chi connectivity index (χ3v) is 7.26. The molecule has 0 unspecified atom stereocenters. The Morgan fingerprint density at radius 3 is 2.05 bits per heavy atom. The summed E-state index contributed by atoms with van der Waals surface area (Å²) in [5, 5.41) is 2.76. The van der Waals surface area contributed by atoms with E-state index in [4.69, 9.17) is 23.7 Å². The largest absolute Gasteiger partial charge is 0.497 e. The van der Waals surface area contributed by atoms with Gasteiger partial charge in [0.1, 0.15) is 23.8 Å². The zero-order valence-corrected chi connectivity index (χ0v) is 22.1. The van der Waals surface area contributed by atoms with Crippen molar-refractivity contribution in [1.82, 2.24) is 5.32 Å². The number of hydrogen-bond donors (Lipinski definition) is 1. The zero-order chi connectivity index (χ0) is 27.0. The summed E-state index contributed by atoms with van der Waals surface area (Å²) in [6, 6.07) is 16.1. The highest BCUT2D eigenvalue weighted by molar-refractivity contribution is 7.92. The van der Waals surface area contributed by atoms with E-state index >= 15 is 0 Å². The lowest BCUT2D eigenvalue weighted by molar-refractivity contribution is -0.119. The number of carbonyl (C=O) groups excluding carboxylic acids is 1. The summed E-state index contributed by atoms with van der Waals surface area (Å²) in [6.45, 7) is -0.348. The number of methoxy groups -OCH3 is 5. The standard InChI is InChI=1S/C26H30N2O8S/c1-32-19-8-6-7-18(13-19)16-27-26(29)17-28(22-14-20(33-2)9-11-23(22)34-3)37(30,31)21-10-12-24(35-4)25(15-21)36-5/h6-15H,16-17H2,1-5H3,(H,27,29). The van der Waals surface area contributed by atoms with Gasteiger partial charge in [-0.25, -0.2) is 8.42 Å². The van der Waals surface area contributed by atoms with Gasteiger partial charge in [-0.1, -0.05) is 12.1 Å². The smallest absolute Gasteiger partial charge is 0.265 e. The molecule has 0 aromatic heterocycles. The predicted molar refractivity (Wildman–Crippen MR) is 138 cm³/mol. The molecule has 0 aliphatic heterocycles. The van der Waals surface area contributed by atoms with Gasteiger partial charge in [0.05, 0.1) is 46.1 Å². The van der Waals surface area contributed by atoms with Gasteiger partial charge < -0.3 is 29.0 Å². The number of rotatable bonds is 12. The molecule has 10 nitrogen and oxygen atoms in total. The summed E-state index contributed by atoms with van der Waals surface area (Å²) < 4.78 is 55.2. The molecule has 3 aromatic rings. The minimum Gasteiger partial charge on any atom is -0.497 e. The second-order valence-corrected chi connectivity index (χ2v) is 9.56. The maximum atomic E-state index is 13.9. The van der Waals surface area contributed by atoms with Crippen molar-refractivity contribution in [3.05, 3.63) is 66.2 Å². The number of sulfonamides is 1. The van der Waals surface area contributed by atoms with Crippen molar-refractivity contribution in [3.8, 4) is 28.7 Å². The lowest BCUT2D eigenvalue weighted by Crippen LogP contribution is -2.41. The number of amides is 1. The second-order valence-electron chi connectivity index (χ2n) is 7.69. The maximum absolute atomic E-state index is 13.9. The van der Waals surface area contributed by atoms with E-state index in [1.807, 2.05) is 6.07 Å². The topological polar surface area (TPSA) is 113 Å². The predicted octanol–water partition coefficient (Wildman–Crippen LogP) is 3.24. The van der Waals surface area contributed by atoms with Crippen LogP contribution in [0.15, 0.2) is 65.6 Å². The summed E-state index contributed by atoms with van der Waals surface area (Å²) in [5.41, 5.74) is 0.925. The fraction of sp³-hybridized carbons (Fsp3) is 0.269. The Morgan fingerprint density at radius 1 is 0.757 bits per heavy atom. The quantitative estimate of drug-likeness (QED) is 0.380. The van der Waals surface area contributed by atoms with Crippen LogP contribution in [0.2, 0.25) is 0 Å². The molecule has 0 bridgehead atoms. The molecule has 0 atom stereocenters. The van der Waals surface area contributed by atoms with Gasteiger partial charge in [0.15, 0.2) is 11.5 Å². The van der Waals surface area contributed by atoms with E-state index in [0.717, 1.165) is 9.87 Å². The Bertz CT molecular complexity index is 1340. The fourth-order valence-corrected chi connectivity index (χ4v) is 5.00. The molecule has 0 fully saturated rings. The summed E-state index contributed by atoms with van der Waals surface area (Å²) in [4.78, 5) is 12.9. The average molecular weight is 531 g/mol. The van der Waals surface area contributed by atoms with E-state index in [1.54, 1.807) is 37.4 Å². The van der Waals surface area contributed by atoms with E-state index in [2.05, 4.69) is 5.32 Å². The van der Waals surface area contributed by atoms with Gasteiger partial charge in [0.2, 0.25) is 5.91 Å². The Labute approximate surface area is 216 Å². The van der Waals surface area contributed by atoms with E-state index in [1.165, 1.54) is 52.7 Å². The molecule has 198 valence electrons. The van der Waals surface area contributed by atoms with Gasteiger partial charge in [0.25, 0.3) is 10.0 Å². The first-order valence-electron chi connectivity index (χ1n) is 11.1. The zero-order valence-electron chi connectivity index (χ0n) is 21.3. The first-order valence-corrected chi connectivity index (χ1v) is 12.6. The fourth-order valence-electron chi connectivity index (χ4n) is 3.56. The van der Waals surface area contributed by atoms with Crippen molar-refractivity contribution in [3.63, 3.8) is 0 Å². The lowest BCUT2D eigenvalue weighted by Gasteiger charge is -2.26. The number of ether oxygens (including phenoxy) is 5. The maximum Gasteiger partial charge on any atom is 0.265 e. The van der Waals surface area contributed by atoms with Crippen LogP contribution in [-0.4, -0.2) is 56.4 Å². The van der Waals surface area contributed by atoms with Crippen LogP contribution in [0.3, 0.4) is 0 Å².